The number of carbonyl (C=O) groups excluding carboxylic acids is 2. The highest BCUT2D eigenvalue weighted by molar-refractivity contribution is 9.10. The monoisotopic (exact) mass is 557 g/mol. The van der Waals surface area contributed by atoms with E-state index in [0.29, 0.717) is 5.69 Å². The van der Waals surface area contributed by atoms with Gasteiger partial charge in [-0.1, -0.05) is 64.0 Å². The lowest BCUT2D eigenvalue weighted by atomic mass is 10.1. The van der Waals surface area contributed by atoms with Gasteiger partial charge in [-0.05, 0) is 55.8 Å². The van der Waals surface area contributed by atoms with Gasteiger partial charge in [-0.3, -0.25) is 13.9 Å². The highest BCUT2D eigenvalue weighted by Crippen LogP contribution is 2.26. The molecule has 0 aliphatic heterocycles. The van der Waals surface area contributed by atoms with Crippen molar-refractivity contribution in [1.29, 1.82) is 0 Å². The number of likely N-dealkylation sites (N-methyl/N-ethyl adjacent to an activating group) is 1. The predicted molar refractivity (Wildman–Crippen MR) is 140 cm³/mol. The molecule has 0 radical (unpaired) electrons. The molecule has 35 heavy (non-hydrogen) atoms. The van der Waals surface area contributed by atoms with Crippen LogP contribution in [0.15, 0.2) is 88.2 Å². The maximum atomic E-state index is 13.7. The second-order valence-corrected chi connectivity index (χ2v) is 10.9. The number of sulfonamides is 1. The Bertz CT molecular complexity index is 1260. The van der Waals surface area contributed by atoms with E-state index in [4.69, 9.17) is 0 Å². The molecule has 1 atom stereocenters. The number of nitrogens with one attached hydrogen (secondary N) is 1. The van der Waals surface area contributed by atoms with E-state index in [0.717, 1.165) is 19.9 Å². The van der Waals surface area contributed by atoms with Crippen LogP contribution in [0.1, 0.15) is 18.1 Å². The number of benzene rings is 3. The lowest BCUT2D eigenvalue weighted by Crippen LogP contribution is -2.50. The summed E-state index contributed by atoms with van der Waals surface area (Å²) < 4.78 is 29.2. The number of aryl methyl sites for hydroxylation is 1. The summed E-state index contributed by atoms with van der Waals surface area (Å²) in [7, 11) is -2.57. The maximum Gasteiger partial charge on any atom is 0.264 e. The average molecular weight is 558 g/mol. The van der Waals surface area contributed by atoms with E-state index in [9.17, 15) is 18.0 Å². The number of nitrogens with zero attached hydrogens (tertiary/aromatic N) is 2. The van der Waals surface area contributed by atoms with Crippen LogP contribution in [0.2, 0.25) is 0 Å². The van der Waals surface area contributed by atoms with Gasteiger partial charge in [-0.25, -0.2) is 8.42 Å². The van der Waals surface area contributed by atoms with E-state index in [2.05, 4.69) is 21.2 Å². The quantitative estimate of drug-likeness (QED) is 0.428. The second-order valence-electron chi connectivity index (χ2n) is 8.10. The summed E-state index contributed by atoms with van der Waals surface area (Å²) in [5.74, 6) is -0.838. The van der Waals surface area contributed by atoms with Crippen LogP contribution in [-0.2, 0) is 26.2 Å². The molecule has 0 saturated heterocycles. The van der Waals surface area contributed by atoms with Crippen LogP contribution in [0, 0.1) is 6.92 Å². The summed E-state index contributed by atoms with van der Waals surface area (Å²) in [6.07, 6.45) is 0. The number of halogens is 1. The Morgan fingerprint density at radius 3 is 2.11 bits per heavy atom. The third kappa shape index (κ3) is 6.49. The first kappa shape index (κ1) is 26.4. The van der Waals surface area contributed by atoms with Crippen LogP contribution >= 0.6 is 15.9 Å². The number of amides is 2. The Balaban J connectivity index is 2.01. The zero-order chi connectivity index (χ0) is 25.6. The van der Waals surface area contributed by atoms with Crippen molar-refractivity contribution in [2.45, 2.75) is 31.3 Å². The Kier molecular flexibility index (Phi) is 8.69. The molecule has 9 heteroatoms. The average Bonchev–Trinajstić information content (AvgIpc) is 2.86. The van der Waals surface area contributed by atoms with Crippen LogP contribution in [0.3, 0.4) is 0 Å². The van der Waals surface area contributed by atoms with E-state index < -0.39 is 28.5 Å². The summed E-state index contributed by atoms with van der Waals surface area (Å²) in [6.45, 7) is 3.19. The minimum absolute atomic E-state index is 0.0766. The van der Waals surface area contributed by atoms with E-state index in [1.807, 2.05) is 37.3 Å². The van der Waals surface area contributed by atoms with Crippen LogP contribution in [-0.4, -0.2) is 44.8 Å². The first-order valence-electron chi connectivity index (χ1n) is 11.0. The lowest BCUT2D eigenvalue weighted by molar-refractivity contribution is -0.139. The normalized spacial score (nSPS) is 12.0. The molecular formula is C26H28BrN3O4S. The van der Waals surface area contributed by atoms with Gasteiger partial charge >= 0.3 is 0 Å². The molecular weight excluding hydrogens is 530 g/mol. The molecule has 184 valence electrons. The molecule has 3 rings (SSSR count). The predicted octanol–water partition coefficient (Wildman–Crippen LogP) is 4.12. The summed E-state index contributed by atoms with van der Waals surface area (Å²) in [5, 5.41) is 2.57. The van der Waals surface area contributed by atoms with Crippen molar-refractivity contribution in [3.8, 4) is 0 Å². The number of anilines is 1. The van der Waals surface area contributed by atoms with Gasteiger partial charge in [0, 0.05) is 18.1 Å². The second kappa shape index (κ2) is 11.5. The molecule has 0 bridgehead atoms. The Hall–Kier alpha value is -3.17. The Morgan fingerprint density at radius 1 is 0.943 bits per heavy atom. The highest BCUT2D eigenvalue weighted by Gasteiger charge is 2.32. The van der Waals surface area contributed by atoms with Crippen molar-refractivity contribution in [2.75, 3.05) is 17.9 Å². The fourth-order valence-electron chi connectivity index (χ4n) is 3.55. The van der Waals surface area contributed by atoms with Gasteiger partial charge in [0.05, 0.1) is 10.6 Å². The molecule has 0 spiro atoms. The van der Waals surface area contributed by atoms with Gasteiger partial charge in [0.25, 0.3) is 10.0 Å². The van der Waals surface area contributed by atoms with Crippen molar-refractivity contribution in [3.63, 3.8) is 0 Å². The van der Waals surface area contributed by atoms with Crippen molar-refractivity contribution in [2.24, 2.45) is 0 Å². The van der Waals surface area contributed by atoms with Gasteiger partial charge in [-0.15, -0.1) is 0 Å². The zero-order valence-electron chi connectivity index (χ0n) is 19.8. The third-order valence-electron chi connectivity index (χ3n) is 5.61. The van der Waals surface area contributed by atoms with Crippen molar-refractivity contribution in [1.82, 2.24) is 10.2 Å². The zero-order valence-corrected chi connectivity index (χ0v) is 22.2. The molecule has 3 aromatic rings. The molecule has 0 heterocycles. The Labute approximate surface area is 214 Å². The first-order valence-corrected chi connectivity index (χ1v) is 13.3. The maximum absolute atomic E-state index is 13.7. The molecule has 1 unspecified atom stereocenters. The van der Waals surface area contributed by atoms with Crippen LogP contribution in [0.5, 0.6) is 0 Å². The molecule has 1 N–H and O–H groups in total. The largest absolute Gasteiger partial charge is 0.357 e. The number of hydrogen-bond donors (Lipinski definition) is 1. The number of rotatable bonds is 9. The topological polar surface area (TPSA) is 86.8 Å². The van der Waals surface area contributed by atoms with Gasteiger partial charge in [0.15, 0.2) is 0 Å². The summed E-state index contributed by atoms with van der Waals surface area (Å²) in [5.41, 5.74) is 2.09. The van der Waals surface area contributed by atoms with E-state index in [-0.39, 0.29) is 17.3 Å². The standard InChI is InChI=1S/C26H28BrN3O4S/c1-19-9-15-24(16-10-19)35(33,34)30(23-13-11-22(27)12-14-23)18-25(31)29(20(2)26(32)28-3)17-21-7-5-4-6-8-21/h4-16,20H,17-18H2,1-3H3,(H,28,32). The lowest BCUT2D eigenvalue weighted by Gasteiger charge is -2.31. The van der Waals surface area contributed by atoms with Gasteiger partial charge < -0.3 is 10.2 Å². The van der Waals surface area contributed by atoms with Crippen molar-refractivity contribution >= 4 is 43.5 Å². The van der Waals surface area contributed by atoms with Crippen LogP contribution in [0.25, 0.3) is 0 Å². The third-order valence-corrected chi connectivity index (χ3v) is 7.93. The van der Waals surface area contributed by atoms with E-state index >= 15 is 0 Å². The SMILES string of the molecule is CNC(=O)C(C)N(Cc1ccccc1)C(=O)CN(c1ccc(Br)cc1)S(=O)(=O)c1ccc(C)cc1. The Morgan fingerprint density at radius 2 is 1.54 bits per heavy atom. The summed E-state index contributed by atoms with van der Waals surface area (Å²) >= 11 is 3.36. The minimum Gasteiger partial charge on any atom is -0.357 e. The molecule has 2 amide bonds. The minimum atomic E-state index is -4.07. The van der Waals surface area contributed by atoms with Crippen molar-refractivity contribution in [3.05, 3.63) is 94.5 Å². The number of hydrogen-bond acceptors (Lipinski definition) is 4. The number of carbonyl (C=O) groups is 2. The molecule has 0 aliphatic rings. The molecule has 0 fully saturated rings. The molecule has 0 aliphatic carbocycles. The first-order chi connectivity index (χ1) is 16.6. The van der Waals surface area contributed by atoms with Gasteiger partial charge in [-0.2, -0.15) is 0 Å². The van der Waals surface area contributed by atoms with Crippen LogP contribution in [0.4, 0.5) is 5.69 Å². The smallest absolute Gasteiger partial charge is 0.264 e. The van der Waals surface area contributed by atoms with E-state index in [1.165, 1.54) is 24.1 Å². The fraction of sp³-hybridized carbons (Fsp3) is 0.231. The fourth-order valence-corrected chi connectivity index (χ4v) is 5.22. The molecule has 7 nitrogen and oxygen atoms in total. The van der Waals surface area contributed by atoms with E-state index in [1.54, 1.807) is 43.3 Å². The van der Waals surface area contributed by atoms with Crippen LogP contribution < -0.4 is 9.62 Å². The van der Waals surface area contributed by atoms with Crippen molar-refractivity contribution < 1.29 is 18.0 Å². The summed E-state index contributed by atoms with van der Waals surface area (Å²) in [6, 6.07) is 21.6. The highest BCUT2D eigenvalue weighted by atomic mass is 79.9. The molecule has 0 aromatic heterocycles. The van der Waals surface area contributed by atoms with Gasteiger partial charge in [0.2, 0.25) is 11.8 Å². The molecule has 3 aromatic carbocycles. The van der Waals surface area contributed by atoms with Gasteiger partial charge in [0.1, 0.15) is 12.6 Å². The summed E-state index contributed by atoms with van der Waals surface area (Å²) in [4.78, 5) is 27.5. The molecule has 0 saturated carbocycles.